The van der Waals surface area contributed by atoms with Gasteiger partial charge in [0.25, 0.3) is 0 Å². The van der Waals surface area contributed by atoms with Crippen LogP contribution in [-0.2, 0) is 6.54 Å². The number of anilines is 1. The van der Waals surface area contributed by atoms with Gasteiger partial charge in [-0.1, -0.05) is 6.92 Å². The zero-order valence-electron chi connectivity index (χ0n) is 12.7. The topological polar surface area (TPSA) is 31.4 Å². The largest absolute Gasteiger partial charge is 0.353 e. The summed E-state index contributed by atoms with van der Waals surface area (Å²) in [6.45, 7) is 5.15. The normalized spacial score (nSPS) is 19.6. The lowest BCUT2D eigenvalue weighted by Crippen LogP contribution is -2.45. The smallest absolute Gasteiger partial charge is 0.170 e. The number of nitrogens with zero attached hydrogens (tertiary/aromatic N) is 3. The van der Waals surface area contributed by atoms with Gasteiger partial charge in [0.2, 0.25) is 0 Å². The van der Waals surface area contributed by atoms with E-state index in [-0.39, 0.29) is 5.82 Å². The van der Waals surface area contributed by atoms with Gasteiger partial charge in [0.1, 0.15) is 0 Å². The zero-order valence-corrected chi connectivity index (χ0v) is 12.7. The highest BCUT2D eigenvalue weighted by Crippen LogP contribution is 2.24. The number of piperidine rings is 1. The number of hydrogen-bond acceptors (Lipinski definition) is 4. The van der Waals surface area contributed by atoms with Gasteiger partial charge in [0, 0.05) is 37.4 Å². The molecule has 5 heteroatoms. The molecule has 1 aromatic rings. The molecule has 0 saturated carbocycles. The second-order valence-electron chi connectivity index (χ2n) is 5.59. The van der Waals surface area contributed by atoms with Crippen molar-refractivity contribution in [2.24, 2.45) is 0 Å². The van der Waals surface area contributed by atoms with Crippen LogP contribution in [0.25, 0.3) is 0 Å². The van der Waals surface area contributed by atoms with E-state index in [2.05, 4.69) is 34.2 Å². The number of nitrogens with one attached hydrogen (secondary N) is 1. The number of pyridine rings is 1. The summed E-state index contributed by atoms with van der Waals surface area (Å²) in [6, 6.07) is 2.23. The molecule has 0 amide bonds. The molecular weight excluding hydrogens is 255 g/mol. The summed E-state index contributed by atoms with van der Waals surface area (Å²) in [5.74, 6) is 0.333. The number of rotatable bonds is 5. The van der Waals surface area contributed by atoms with E-state index >= 15 is 0 Å². The Morgan fingerprint density at radius 1 is 1.50 bits per heavy atom. The monoisotopic (exact) mass is 280 g/mol. The first-order valence-electron chi connectivity index (χ1n) is 7.39. The molecule has 0 radical (unpaired) electrons. The molecule has 0 spiro atoms. The lowest BCUT2D eigenvalue weighted by molar-refractivity contribution is 0.256. The van der Waals surface area contributed by atoms with Crippen LogP contribution in [0.3, 0.4) is 0 Å². The molecule has 1 aliphatic rings. The van der Waals surface area contributed by atoms with Crippen molar-refractivity contribution in [2.45, 2.75) is 32.4 Å². The van der Waals surface area contributed by atoms with Gasteiger partial charge < -0.3 is 15.1 Å². The zero-order chi connectivity index (χ0) is 14.5. The molecule has 2 rings (SSSR count). The van der Waals surface area contributed by atoms with Gasteiger partial charge in [-0.25, -0.2) is 9.37 Å². The third-order valence-electron chi connectivity index (χ3n) is 3.94. The standard InChI is InChI=1S/C15H25FN4/c1-4-17-10-12-7-8-18-15(14(12)16)20-9-5-6-13(11-20)19(2)3/h7-8,13,17H,4-6,9-11H2,1-3H3. The summed E-state index contributed by atoms with van der Waals surface area (Å²) >= 11 is 0. The minimum Gasteiger partial charge on any atom is -0.353 e. The molecule has 1 unspecified atom stereocenters. The highest BCUT2D eigenvalue weighted by molar-refractivity contribution is 5.43. The van der Waals surface area contributed by atoms with Gasteiger partial charge in [-0.3, -0.25) is 0 Å². The molecule has 1 fully saturated rings. The molecular formula is C15H25FN4. The van der Waals surface area contributed by atoms with Crippen LogP contribution in [0.15, 0.2) is 12.3 Å². The fraction of sp³-hybridized carbons (Fsp3) is 0.667. The Morgan fingerprint density at radius 2 is 2.30 bits per heavy atom. The minimum absolute atomic E-state index is 0.173. The van der Waals surface area contributed by atoms with E-state index < -0.39 is 0 Å². The van der Waals surface area contributed by atoms with Gasteiger partial charge in [-0.05, 0) is 39.5 Å². The fourth-order valence-electron chi connectivity index (χ4n) is 2.66. The average molecular weight is 280 g/mol. The van der Waals surface area contributed by atoms with Crippen LogP contribution >= 0.6 is 0 Å². The van der Waals surface area contributed by atoms with Crippen molar-refractivity contribution in [3.63, 3.8) is 0 Å². The van der Waals surface area contributed by atoms with Crippen molar-refractivity contribution in [1.82, 2.24) is 15.2 Å². The van der Waals surface area contributed by atoms with Crippen LogP contribution in [0.2, 0.25) is 0 Å². The summed E-state index contributed by atoms with van der Waals surface area (Å²) in [7, 11) is 4.17. The van der Waals surface area contributed by atoms with Crippen molar-refractivity contribution in [2.75, 3.05) is 38.6 Å². The maximum Gasteiger partial charge on any atom is 0.170 e. The summed E-state index contributed by atoms with van der Waals surface area (Å²) in [6.07, 6.45) is 3.97. The maximum atomic E-state index is 14.6. The molecule has 1 saturated heterocycles. The summed E-state index contributed by atoms with van der Waals surface area (Å²) in [5, 5.41) is 3.17. The number of aromatic nitrogens is 1. The van der Waals surface area contributed by atoms with Crippen molar-refractivity contribution < 1.29 is 4.39 Å². The molecule has 20 heavy (non-hydrogen) atoms. The van der Waals surface area contributed by atoms with Crippen molar-refractivity contribution in [3.8, 4) is 0 Å². The van der Waals surface area contributed by atoms with E-state index in [1.807, 2.05) is 6.92 Å². The number of halogens is 1. The Kier molecular flexibility index (Phi) is 5.31. The maximum absolute atomic E-state index is 14.6. The Balaban J connectivity index is 2.15. The minimum atomic E-state index is -0.173. The molecule has 1 N–H and O–H groups in total. The summed E-state index contributed by atoms with van der Waals surface area (Å²) in [5.41, 5.74) is 0.698. The summed E-state index contributed by atoms with van der Waals surface area (Å²) in [4.78, 5) is 8.57. The van der Waals surface area contributed by atoms with Crippen LogP contribution in [0, 0.1) is 5.82 Å². The van der Waals surface area contributed by atoms with Crippen molar-refractivity contribution in [1.29, 1.82) is 0 Å². The van der Waals surface area contributed by atoms with Crippen LogP contribution in [0.4, 0.5) is 10.2 Å². The summed E-state index contributed by atoms with van der Waals surface area (Å²) < 4.78 is 14.6. The van der Waals surface area contributed by atoms with Crippen LogP contribution < -0.4 is 10.2 Å². The molecule has 0 aliphatic carbocycles. The molecule has 1 atom stereocenters. The molecule has 0 bridgehead atoms. The molecule has 1 aromatic heterocycles. The third kappa shape index (κ3) is 3.46. The quantitative estimate of drug-likeness (QED) is 0.892. The van der Waals surface area contributed by atoms with E-state index in [4.69, 9.17) is 0 Å². The number of likely N-dealkylation sites (N-methyl/N-ethyl adjacent to an activating group) is 1. The first-order chi connectivity index (χ1) is 9.63. The van der Waals surface area contributed by atoms with E-state index in [0.29, 0.717) is 24.0 Å². The number of hydrogen-bond donors (Lipinski definition) is 1. The highest BCUT2D eigenvalue weighted by Gasteiger charge is 2.24. The Hall–Kier alpha value is -1.20. The third-order valence-corrected chi connectivity index (χ3v) is 3.94. The lowest BCUT2D eigenvalue weighted by atomic mass is 10.0. The average Bonchev–Trinajstić information content (AvgIpc) is 2.46. The van der Waals surface area contributed by atoms with Gasteiger partial charge in [-0.15, -0.1) is 0 Å². The molecule has 0 aromatic carbocycles. The van der Waals surface area contributed by atoms with Crippen molar-refractivity contribution in [3.05, 3.63) is 23.6 Å². The van der Waals surface area contributed by atoms with E-state index in [1.165, 1.54) is 6.42 Å². The Bertz CT molecular complexity index is 436. The van der Waals surface area contributed by atoms with E-state index in [9.17, 15) is 4.39 Å². The van der Waals surface area contributed by atoms with Crippen LogP contribution in [-0.4, -0.2) is 49.7 Å². The molecule has 4 nitrogen and oxygen atoms in total. The first kappa shape index (κ1) is 15.2. The highest BCUT2D eigenvalue weighted by atomic mass is 19.1. The van der Waals surface area contributed by atoms with Crippen LogP contribution in [0.5, 0.6) is 0 Å². The van der Waals surface area contributed by atoms with Crippen molar-refractivity contribution >= 4 is 5.82 Å². The Labute approximate surface area is 121 Å². The van der Waals surface area contributed by atoms with E-state index in [0.717, 1.165) is 26.1 Å². The van der Waals surface area contributed by atoms with Gasteiger partial charge >= 0.3 is 0 Å². The van der Waals surface area contributed by atoms with Gasteiger partial charge in [0.15, 0.2) is 11.6 Å². The predicted molar refractivity (Wildman–Crippen MR) is 80.5 cm³/mol. The van der Waals surface area contributed by atoms with Gasteiger partial charge in [-0.2, -0.15) is 0 Å². The SMILES string of the molecule is CCNCc1ccnc(N2CCCC(N(C)C)C2)c1F. The lowest BCUT2D eigenvalue weighted by Gasteiger charge is -2.37. The first-order valence-corrected chi connectivity index (χ1v) is 7.39. The molecule has 1 aliphatic heterocycles. The fourth-order valence-corrected chi connectivity index (χ4v) is 2.66. The van der Waals surface area contributed by atoms with Crippen LogP contribution in [0.1, 0.15) is 25.3 Å². The predicted octanol–water partition coefficient (Wildman–Crippen LogP) is 1.86. The molecule has 112 valence electrons. The van der Waals surface area contributed by atoms with Gasteiger partial charge in [0.05, 0.1) is 0 Å². The van der Waals surface area contributed by atoms with E-state index in [1.54, 1.807) is 12.3 Å². The second kappa shape index (κ2) is 6.99. The second-order valence-corrected chi connectivity index (χ2v) is 5.59. The molecule has 2 heterocycles. The Morgan fingerprint density at radius 3 is 3.00 bits per heavy atom.